The molecule has 7 heteroatoms. The van der Waals surface area contributed by atoms with Gasteiger partial charge in [-0.3, -0.25) is 4.79 Å². The topological polar surface area (TPSA) is 58.6 Å². The van der Waals surface area contributed by atoms with Gasteiger partial charge in [0, 0.05) is 19.1 Å². The lowest BCUT2D eigenvalue weighted by Crippen LogP contribution is -2.32. The van der Waals surface area contributed by atoms with E-state index in [2.05, 4.69) is 5.32 Å². The predicted octanol–water partition coefficient (Wildman–Crippen LogP) is 4.26. The van der Waals surface area contributed by atoms with Crippen LogP contribution in [0.25, 0.3) is 0 Å². The number of aliphatic hydroxyl groups excluding tert-OH is 1. The molecule has 0 saturated carbocycles. The average molecular weight is 429 g/mol. The number of hydrogen-bond acceptors (Lipinski definition) is 3. The van der Waals surface area contributed by atoms with Crippen molar-refractivity contribution in [2.75, 3.05) is 13.2 Å². The smallest absolute Gasteiger partial charge is 0.255 e. The van der Waals surface area contributed by atoms with Crippen molar-refractivity contribution in [2.45, 2.75) is 13.0 Å². The summed E-state index contributed by atoms with van der Waals surface area (Å²) in [6.07, 6.45) is 0.0725. The number of rotatable bonds is 9. The first-order valence-electron chi connectivity index (χ1n) is 9.75. The molecule has 31 heavy (non-hydrogen) atoms. The molecule has 0 bridgehead atoms. The second-order valence-corrected chi connectivity index (χ2v) is 7.11. The molecule has 0 aromatic heterocycles. The first-order valence-corrected chi connectivity index (χ1v) is 9.75. The summed E-state index contributed by atoms with van der Waals surface area (Å²) in [6, 6.07) is 15.6. The molecule has 0 unspecified atom stereocenters. The Balaban J connectivity index is 1.61. The third-order valence-electron chi connectivity index (χ3n) is 4.77. The average Bonchev–Trinajstić information content (AvgIpc) is 2.78. The van der Waals surface area contributed by atoms with Gasteiger partial charge in [0.25, 0.3) is 5.91 Å². The van der Waals surface area contributed by atoms with E-state index in [-0.39, 0.29) is 37.6 Å². The molecular weight excluding hydrogens is 407 g/mol. The van der Waals surface area contributed by atoms with Crippen molar-refractivity contribution >= 4 is 5.91 Å². The maximum Gasteiger partial charge on any atom is 0.255 e. The number of hydrogen-bond donors (Lipinski definition) is 2. The molecular formula is C24H22F3NO3. The van der Waals surface area contributed by atoms with Crippen LogP contribution in [-0.2, 0) is 13.0 Å². The monoisotopic (exact) mass is 429 g/mol. The van der Waals surface area contributed by atoms with E-state index in [1.165, 1.54) is 12.1 Å². The van der Waals surface area contributed by atoms with E-state index in [4.69, 9.17) is 4.74 Å². The Morgan fingerprint density at radius 1 is 0.968 bits per heavy atom. The Morgan fingerprint density at radius 3 is 2.42 bits per heavy atom. The highest BCUT2D eigenvalue weighted by Gasteiger charge is 2.17. The molecule has 2 N–H and O–H groups in total. The summed E-state index contributed by atoms with van der Waals surface area (Å²) in [5.41, 5.74) is 1.17. The molecule has 0 heterocycles. The summed E-state index contributed by atoms with van der Waals surface area (Å²) in [5, 5.41) is 12.3. The standard InChI is InChI=1S/C24H22F3NO3/c25-19-7-5-16(6-8-19)15-31-23-4-2-1-3-21(23)24(30)28-13-17(14-29)11-18-12-20(26)9-10-22(18)27/h1-10,12,17,29H,11,13-15H2,(H,28,30)/t17-/m0/s1. The highest BCUT2D eigenvalue weighted by atomic mass is 19.1. The van der Waals surface area contributed by atoms with Gasteiger partial charge in [0.15, 0.2) is 0 Å². The van der Waals surface area contributed by atoms with Crippen LogP contribution in [0.2, 0.25) is 0 Å². The van der Waals surface area contributed by atoms with Crippen LogP contribution in [-0.4, -0.2) is 24.2 Å². The van der Waals surface area contributed by atoms with Crippen molar-refractivity contribution in [3.8, 4) is 5.75 Å². The largest absolute Gasteiger partial charge is 0.488 e. The fraction of sp³-hybridized carbons (Fsp3) is 0.208. The number of amides is 1. The molecule has 162 valence electrons. The zero-order valence-corrected chi connectivity index (χ0v) is 16.7. The Morgan fingerprint density at radius 2 is 1.68 bits per heavy atom. The van der Waals surface area contributed by atoms with Crippen molar-refractivity contribution in [3.63, 3.8) is 0 Å². The number of ether oxygens (including phenoxy) is 1. The van der Waals surface area contributed by atoms with Gasteiger partial charge in [-0.2, -0.15) is 0 Å². The highest BCUT2D eigenvalue weighted by molar-refractivity contribution is 5.96. The SMILES string of the molecule is O=C(NC[C@@H](CO)Cc1cc(F)ccc1F)c1ccccc1OCc1ccc(F)cc1. The van der Waals surface area contributed by atoms with Crippen LogP contribution in [0.1, 0.15) is 21.5 Å². The molecule has 0 aliphatic carbocycles. The molecule has 1 atom stereocenters. The van der Waals surface area contributed by atoms with Gasteiger partial charge in [0.2, 0.25) is 0 Å². The molecule has 0 fully saturated rings. The lowest BCUT2D eigenvalue weighted by atomic mass is 9.99. The van der Waals surface area contributed by atoms with Gasteiger partial charge in [-0.15, -0.1) is 0 Å². The van der Waals surface area contributed by atoms with Crippen LogP contribution in [0.3, 0.4) is 0 Å². The predicted molar refractivity (Wildman–Crippen MR) is 110 cm³/mol. The van der Waals surface area contributed by atoms with E-state index in [9.17, 15) is 23.1 Å². The Hall–Kier alpha value is -3.32. The second kappa shape index (κ2) is 10.6. The van der Waals surface area contributed by atoms with Gasteiger partial charge >= 0.3 is 0 Å². The summed E-state index contributed by atoms with van der Waals surface area (Å²) < 4.78 is 46.0. The number of nitrogens with one attached hydrogen (secondary N) is 1. The number of aliphatic hydroxyl groups is 1. The Kier molecular flexibility index (Phi) is 7.67. The van der Waals surface area contributed by atoms with Gasteiger partial charge < -0.3 is 15.2 Å². The quantitative estimate of drug-likeness (QED) is 0.534. The number of para-hydroxylation sites is 1. The molecule has 0 aliphatic rings. The number of halogens is 3. The van der Waals surface area contributed by atoms with E-state index in [1.54, 1.807) is 36.4 Å². The highest BCUT2D eigenvalue weighted by Crippen LogP contribution is 2.20. The first kappa shape index (κ1) is 22.4. The van der Waals surface area contributed by atoms with Gasteiger partial charge in [-0.1, -0.05) is 24.3 Å². The summed E-state index contributed by atoms with van der Waals surface area (Å²) in [6.45, 7) is -0.0841. The van der Waals surface area contributed by atoms with Crippen LogP contribution in [0, 0.1) is 23.4 Å². The maximum absolute atomic E-state index is 13.9. The zero-order valence-electron chi connectivity index (χ0n) is 16.7. The van der Waals surface area contributed by atoms with E-state index in [1.807, 2.05) is 0 Å². The summed E-state index contributed by atoms with van der Waals surface area (Å²) in [4.78, 5) is 12.7. The molecule has 3 aromatic carbocycles. The summed E-state index contributed by atoms with van der Waals surface area (Å²) in [5.74, 6) is -2.04. The molecule has 0 saturated heterocycles. The van der Waals surface area contributed by atoms with Crippen LogP contribution in [0.5, 0.6) is 5.75 Å². The van der Waals surface area contributed by atoms with Crippen LogP contribution < -0.4 is 10.1 Å². The molecule has 0 spiro atoms. The van der Waals surface area contributed by atoms with Gasteiger partial charge in [0.05, 0.1) is 5.56 Å². The van der Waals surface area contributed by atoms with Gasteiger partial charge in [-0.25, -0.2) is 13.2 Å². The lowest BCUT2D eigenvalue weighted by Gasteiger charge is -2.17. The third-order valence-corrected chi connectivity index (χ3v) is 4.77. The first-order chi connectivity index (χ1) is 15.0. The molecule has 1 amide bonds. The maximum atomic E-state index is 13.9. The number of carbonyl (C=O) groups excluding carboxylic acids is 1. The fourth-order valence-electron chi connectivity index (χ4n) is 3.07. The van der Waals surface area contributed by atoms with E-state index in [0.29, 0.717) is 11.3 Å². The van der Waals surface area contributed by atoms with Crippen LogP contribution in [0.15, 0.2) is 66.7 Å². The molecule has 0 radical (unpaired) electrons. The minimum atomic E-state index is -0.565. The van der Waals surface area contributed by atoms with Crippen molar-refractivity contribution in [2.24, 2.45) is 5.92 Å². The number of carbonyl (C=O) groups is 1. The van der Waals surface area contributed by atoms with E-state index < -0.39 is 23.5 Å². The summed E-state index contributed by atoms with van der Waals surface area (Å²) in [7, 11) is 0. The molecule has 0 aliphatic heterocycles. The fourth-order valence-corrected chi connectivity index (χ4v) is 3.07. The normalized spacial score (nSPS) is 11.7. The van der Waals surface area contributed by atoms with Crippen LogP contribution >= 0.6 is 0 Å². The zero-order chi connectivity index (χ0) is 22.2. The molecule has 4 nitrogen and oxygen atoms in total. The Labute approximate surface area is 178 Å². The van der Waals surface area contributed by atoms with Crippen molar-refractivity contribution in [3.05, 3.63) is 101 Å². The molecule has 3 rings (SSSR count). The summed E-state index contributed by atoms with van der Waals surface area (Å²) >= 11 is 0. The Bertz CT molecular complexity index is 1020. The minimum Gasteiger partial charge on any atom is -0.488 e. The van der Waals surface area contributed by atoms with Gasteiger partial charge in [0.1, 0.15) is 29.8 Å². The van der Waals surface area contributed by atoms with Crippen LogP contribution in [0.4, 0.5) is 13.2 Å². The third kappa shape index (κ3) is 6.33. The lowest BCUT2D eigenvalue weighted by molar-refractivity contribution is 0.0935. The minimum absolute atomic E-state index is 0.0670. The van der Waals surface area contributed by atoms with E-state index in [0.717, 1.165) is 23.8 Å². The second-order valence-electron chi connectivity index (χ2n) is 7.11. The van der Waals surface area contributed by atoms with Crippen molar-refractivity contribution in [1.82, 2.24) is 5.32 Å². The van der Waals surface area contributed by atoms with Crippen molar-refractivity contribution < 1.29 is 27.8 Å². The van der Waals surface area contributed by atoms with E-state index >= 15 is 0 Å². The van der Waals surface area contributed by atoms with Gasteiger partial charge in [-0.05, 0) is 60.0 Å². The molecule has 3 aromatic rings. The number of benzene rings is 3. The van der Waals surface area contributed by atoms with Crippen molar-refractivity contribution in [1.29, 1.82) is 0 Å².